The van der Waals surface area contributed by atoms with E-state index in [4.69, 9.17) is 9.47 Å². The van der Waals surface area contributed by atoms with E-state index in [9.17, 15) is 4.79 Å². The third kappa shape index (κ3) is 3.00. The number of rotatable bonds is 5. The molecule has 7 nitrogen and oxygen atoms in total. The molecular weight excluding hydrogens is 380 g/mol. The summed E-state index contributed by atoms with van der Waals surface area (Å²) in [5.41, 5.74) is 4.13. The summed E-state index contributed by atoms with van der Waals surface area (Å²) in [5.74, 6) is 1.41. The maximum Gasteiger partial charge on any atom is 0.264 e. The summed E-state index contributed by atoms with van der Waals surface area (Å²) >= 11 is 0. The van der Waals surface area contributed by atoms with Gasteiger partial charge in [0, 0.05) is 36.4 Å². The lowest BCUT2D eigenvalue weighted by Crippen LogP contribution is -2.48. The Morgan fingerprint density at radius 1 is 1.27 bits per heavy atom. The van der Waals surface area contributed by atoms with E-state index in [-0.39, 0.29) is 18.0 Å². The largest absolute Gasteiger partial charge is 0.497 e. The molecule has 7 heteroatoms. The lowest BCUT2D eigenvalue weighted by atomic mass is 9.98. The molecule has 0 radical (unpaired) electrons. The minimum atomic E-state index is -0.523. The number of benzene rings is 1. The van der Waals surface area contributed by atoms with E-state index in [0.717, 1.165) is 36.2 Å². The van der Waals surface area contributed by atoms with Crippen LogP contribution in [0.1, 0.15) is 49.2 Å². The van der Waals surface area contributed by atoms with Crippen molar-refractivity contribution in [1.82, 2.24) is 19.5 Å². The molecule has 1 saturated heterocycles. The van der Waals surface area contributed by atoms with Crippen molar-refractivity contribution >= 4 is 11.6 Å². The van der Waals surface area contributed by atoms with Gasteiger partial charge in [0.1, 0.15) is 11.5 Å². The van der Waals surface area contributed by atoms with E-state index in [2.05, 4.69) is 10.1 Å². The number of carbonyl (C=O) groups excluding carboxylic acids is 1. The number of hydrogen-bond donors (Lipinski definition) is 0. The number of nitrogens with zero attached hydrogens (tertiary/aromatic N) is 4. The monoisotopic (exact) mass is 406 g/mol. The van der Waals surface area contributed by atoms with Crippen LogP contribution < -0.4 is 9.47 Å². The highest BCUT2D eigenvalue weighted by molar-refractivity contribution is 5.83. The van der Waals surface area contributed by atoms with Crippen molar-refractivity contribution in [3.05, 3.63) is 53.5 Å². The standard InChI is InChI=1S/C23H26N4O3/c1-4-21(30-17-7-5-6-16(12-17)29-3)23(28)26-15-8-9-19(26)18-13-24-22-10-14(2)25-27(22)20(18)11-15/h5-7,10,12-13,15,19,21H,4,8-9,11H2,1-3H3/t15-,19-,21+/m1/s1. The first-order valence-corrected chi connectivity index (χ1v) is 10.6. The van der Waals surface area contributed by atoms with E-state index >= 15 is 0 Å². The van der Waals surface area contributed by atoms with Crippen LogP contribution in [0.15, 0.2) is 36.5 Å². The fourth-order valence-electron chi connectivity index (χ4n) is 4.85. The van der Waals surface area contributed by atoms with Gasteiger partial charge in [-0.15, -0.1) is 0 Å². The first-order valence-electron chi connectivity index (χ1n) is 10.6. The Labute approximate surface area is 175 Å². The van der Waals surface area contributed by atoms with Crippen molar-refractivity contribution in [3.63, 3.8) is 0 Å². The predicted molar refractivity (Wildman–Crippen MR) is 112 cm³/mol. The van der Waals surface area contributed by atoms with Gasteiger partial charge in [-0.3, -0.25) is 4.79 Å². The van der Waals surface area contributed by atoms with Crippen molar-refractivity contribution in [3.8, 4) is 11.5 Å². The van der Waals surface area contributed by atoms with Gasteiger partial charge in [-0.25, -0.2) is 9.50 Å². The summed E-state index contributed by atoms with van der Waals surface area (Å²) in [6, 6.07) is 9.62. The molecule has 2 bridgehead atoms. The van der Waals surface area contributed by atoms with Crippen LogP contribution in [0.5, 0.6) is 11.5 Å². The second kappa shape index (κ2) is 7.31. The fourth-order valence-corrected chi connectivity index (χ4v) is 4.85. The van der Waals surface area contributed by atoms with E-state index < -0.39 is 6.10 Å². The maximum absolute atomic E-state index is 13.6. The Balaban J connectivity index is 1.44. The number of carbonyl (C=O) groups is 1. The molecule has 0 N–H and O–H groups in total. The molecule has 0 unspecified atom stereocenters. The van der Waals surface area contributed by atoms with Gasteiger partial charge in [0.15, 0.2) is 11.8 Å². The smallest absolute Gasteiger partial charge is 0.264 e. The van der Waals surface area contributed by atoms with Crippen LogP contribution in [0.4, 0.5) is 0 Å². The molecule has 2 aliphatic rings. The summed E-state index contributed by atoms with van der Waals surface area (Å²) in [4.78, 5) is 20.2. The second-order valence-electron chi connectivity index (χ2n) is 8.11. The zero-order valence-electron chi connectivity index (χ0n) is 17.5. The molecular formula is C23H26N4O3. The summed E-state index contributed by atoms with van der Waals surface area (Å²) in [6.45, 7) is 3.97. The third-order valence-electron chi connectivity index (χ3n) is 6.25. The van der Waals surface area contributed by atoms with E-state index in [1.165, 1.54) is 5.69 Å². The summed E-state index contributed by atoms with van der Waals surface area (Å²) in [6.07, 6.45) is 4.75. The molecule has 5 rings (SSSR count). The van der Waals surface area contributed by atoms with Gasteiger partial charge in [-0.1, -0.05) is 13.0 Å². The van der Waals surface area contributed by atoms with E-state index in [1.807, 2.05) is 59.8 Å². The highest BCUT2D eigenvalue weighted by atomic mass is 16.5. The molecule has 0 aliphatic carbocycles. The Bertz CT molecular complexity index is 1110. The zero-order chi connectivity index (χ0) is 20.8. The van der Waals surface area contributed by atoms with Crippen LogP contribution in [0.25, 0.3) is 5.65 Å². The molecule has 2 aliphatic heterocycles. The van der Waals surface area contributed by atoms with Crippen LogP contribution in [-0.4, -0.2) is 44.7 Å². The van der Waals surface area contributed by atoms with Gasteiger partial charge in [0.2, 0.25) is 0 Å². The maximum atomic E-state index is 13.6. The Morgan fingerprint density at radius 2 is 2.10 bits per heavy atom. The molecule has 4 heterocycles. The first kappa shape index (κ1) is 18.9. The number of aromatic nitrogens is 3. The van der Waals surface area contributed by atoms with Crippen LogP contribution in [-0.2, 0) is 11.2 Å². The molecule has 3 aromatic rings. The number of ether oxygens (including phenoxy) is 2. The molecule has 0 spiro atoms. The Hall–Kier alpha value is -3.09. The number of aryl methyl sites for hydroxylation is 1. The highest BCUT2D eigenvalue weighted by Crippen LogP contribution is 2.44. The minimum absolute atomic E-state index is 0.0376. The normalized spacial score (nSPS) is 20.8. The topological polar surface area (TPSA) is 69.0 Å². The summed E-state index contributed by atoms with van der Waals surface area (Å²) in [7, 11) is 1.62. The van der Waals surface area contributed by atoms with Gasteiger partial charge in [0.05, 0.1) is 24.5 Å². The molecule has 2 aromatic heterocycles. The molecule has 1 amide bonds. The van der Waals surface area contributed by atoms with Gasteiger partial charge >= 0.3 is 0 Å². The van der Waals surface area contributed by atoms with Gasteiger partial charge in [-0.2, -0.15) is 5.10 Å². The molecule has 0 saturated carbocycles. The lowest BCUT2D eigenvalue weighted by molar-refractivity contribution is -0.142. The van der Waals surface area contributed by atoms with Crippen molar-refractivity contribution in [2.45, 2.75) is 57.7 Å². The first-order chi connectivity index (χ1) is 14.6. The van der Waals surface area contributed by atoms with Crippen LogP contribution in [0.3, 0.4) is 0 Å². The minimum Gasteiger partial charge on any atom is -0.497 e. The molecule has 1 fully saturated rings. The van der Waals surface area contributed by atoms with Crippen molar-refractivity contribution in [2.75, 3.05) is 7.11 Å². The number of fused-ring (bicyclic) bond motifs is 6. The van der Waals surface area contributed by atoms with Crippen LogP contribution in [0.2, 0.25) is 0 Å². The van der Waals surface area contributed by atoms with Crippen LogP contribution >= 0.6 is 0 Å². The second-order valence-corrected chi connectivity index (χ2v) is 8.11. The van der Waals surface area contributed by atoms with Gasteiger partial charge in [-0.05, 0) is 38.3 Å². The van der Waals surface area contributed by atoms with Gasteiger partial charge < -0.3 is 14.4 Å². The lowest BCUT2D eigenvalue weighted by Gasteiger charge is -2.38. The zero-order valence-corrected chi connectivity index (χ0v) is 17.5. The van der Waals surface area contributed by atoms with Crippen molar-refractivity contribution < 1.29 is 14.3 Å². The fraction of sp³-hybridized carbons (Fsp3) is 0.435. The molecule has 30 heavy (non-hydrogen) atoms. The van der Waals surface area contributed by atoms with Gasteiger partial charge in [0.25, 0.3) is 5.91 Å². The Kier molecular flexibility index (Phi) is 4.60. The molecule has 156 valence electrons. The summed E-state index contributed by atoms with van der Waals surface area (Å²) in [5, 5.41) is 4.63. The molecule has 1 aromatic carbocycles. The number of methoxy groups -OCH3 is 1. The third-order valence-corrected chi connectivity index (χ3v) is 6.25. The SMILES string of the molecule is CC[C@H](Oc1cccc(OC)c1)C(=O)N1[C@@H]2CC[C@@H]1c1cnc3cc(C)nn3c1C2. The molecule has 3 atom stereocenters. The average Bonchev–Trinajstić information content (AvgIpc) is 3.30. The van der Waals surface area contributed by atoms with Crippen molar-refractivity contribution in [2.24, 2.45) is 0 Å². The average molecular weight is 406 g/mol. The quantitative estimate of drug-likeness (QED) is 0.649. The number of hydrogen-bond acceptors (Lipinski definition) is 5. The summed E-state index contributed by atoms with van der Waals surface area (Å²) < 4.78 is 13.3. The van der Waals surface area contributed by atoms with Crippen molar-refractivity contribution in [1.29, 1.82) is 0 Å². The highest BCUT2D eigenvalue weighted by Gasteiger charge is 2.45. The van der Waals surface area contributed by atoms with Crippen LogP contribution in [0, 0.1) is 6.92 Å². The van der Waals surface area contributed by atoms with E-state index in [1.54, 1.807) is 7.11 Å². The predicted octanol–water partition coefficient (Wildman–Crippen LogP) is 3.49. The Morgan fingerprint density at radius 3 is 2.90 bits per heavy atom. The number of amides is 1. The van der Waals surface area contributed by atoms with E-state index in [0.29, 0.717) is 17.9 Å².